The molecule has 0 saturated carbocycles. The molecule has 0 saturated heterocycles. The summed E-state index contributed by atoms with van der Waals surface area (Å²) in [4.78, 5) is 22.9. The van der Waals surface area contributed by atoms with Crippen molar-refractivity contribution in [2.45, 2.75) is 59.2 Å². The number of hydrogen-bond acceptors (Lipinski definition) is 4. The summed E-state index contributed by atoms with van der Waals surface area (Å²) in [5.41, 5.74) is 4.12. The number of halogens is 3. The third-order valence-corrected chi connectivity index (χ3v) is 6.59. The van der Waals surface area contributed by atoms with Gasteiger partial charge in [-0.2, -0.15) is 13.2 Å². The molecule has 0 heterocycles. The average Bonchev–Trinajstić information content (AvgIpc) is 2.86. The van der Waals surface area contributed by atoms with E-state index in [0.29, 0.717) is 24.3 Å². The molecule has 2 N–H and O–H groups in total. The molecule has 0 aromatic heterocycles. The average molecular weight is 542 g/mol. The second kappa shape index (κ2) is 12.8. The number of carbonyl (C=O) groups excluding carboxylic acids is 1. The van der Waals surface area contributed by atoms with Gasteiger partial charge in [-0.3, -0.25) is 9.59 Å². The van der Waals surface area contributed by atoms with Crippen LogP contribution in [0.3, 0.4) is 0 Å². The van der Waals surface area contributed by atoms with Crippen molar-refractivity contribution in [2.24, 2.45) is 5.92 Å². The highest BCUT2D eigenvalue weighted by atomic mass is 19.4. The second-order valence-corrected chi connectivity index (χ2v) is 10.1. The number of aliphatic carboxylic acids is 1. The summed E-state index contributed by atoms with van der Waals surface area (Å²) in [6, 6.07) is 16.0. The zero-order valence-electron chi connectivity index (χ0n) is 22.6. The molecule has 0 bridgehead atoms. The smallest absolute Gasteiger partial charge is 0.416 e. The summed E-state index contributed by atoms with van der Waals surface area (Å²) in [7, 11) is 0. The summed E-state index contributed by atoms with van der Waals surface area (Å²) in [6.07, 6.45) is -3.90. The minimum absolute atomic E-state index is 0.0295. The van der Waals surface area contributed by atoms with E-state index in [-0.39, 0.29) is 30.6 Å². The zero-order chi connectivity index (χ0) is 28.7. The Morgan fingerprint density at radius 2 is 1.51 bits per heavy atom. The summed E-state index contributed by atoms with van der Waals surface area (Å²) in [5, 5.41) is 12.2. The molecule has 0 aliphatic rings. The molecule has 0 aliphatic heterocycles. The van der Waals surface area contributed by atoms with E-state index in [1.807, 2.05) is 38.1 Å². The number of ether oxygens (including phenoxy) is 1. The quantitative estimate of drug-likeness (QED) is 0.228. The number of rotatable bonds is 12. The van der Waals surface area contributed by atoms with Gasteiger partial charge in [-0.1, -0.05) is 26.0 Å². The van der Waals surface area contributed by atoms with Crippen LogP contribution in [0.1, 0.15) is 60.2 Å². The van der Waals surface area contributed by atoms with Crippen LogP contribution in [0.5, 0.6) is 5.75 Å². The van der Waals surface area contributed by atoms with Gasteiger partial charge in [0.05, 0.1) is 11.6 Å². The lowest BCUT2D eigenvalue weighted by molar-refractivity contribution is -0.138. The van der Waals surface area contributed by atoms with Crippen LogP contribution in [0.2, 0.25) is 0 Å². The summed E-state index contributed by atoms with van der Waals surface area (Å²) in [5.74, 6) is -0.0897. The Morgan fingerprint density at radius 3 is 2.03 bits per heavy atom. The lowest BCUT2D eigenvalue weighted by Crippen LogP contribution is -2.32. The molecule has 0 amide bonds. The van der Waals surface area contributed by atoms with Crippen LogP contribution in [0, 0.1) is 19.8 Å². The van der Waals surface area contributed by atoms with Crippen molar-refractivity contribution in [1.82, 2.24) is 0 Å². The van der Waals surface area contributed by atoms with Crippen LogP contribution in [0.15, 0.2) is 60.7 Å². The normalized spacial score (nSPS) is 12.3. The molecular formula is C31H34F3NO4. The third-order valence-electron chi connectivity index (χ3n) is 6.59. The van der Waals surface area contributed by atoms with E-state index in [1.54, 1.807) is 12.1 Å². The minimum Gasteiger partial charge on any atom is -0.491 e. The first-order valence-corrected chi connectivity index (χ1v) is 12.9. The minimum atomic E-state index is -4.37. The fraction of sp³-hybridized carbons (Fsp3) is 0.355. The molecule has 8 heteroatoms. The van der Waals surface area contributed by atoms with Crippen molar-refractivity contribution in [1.29, 1.82) is 0 Å². The number of Topliss-reactive ketones (excluding diaryl/α,β-unsaturated/α-hetero) is 1. The van der Waals surface area contributed by atoms with Crippen molar-refractivity contribution in [3.05, 3.63) is 82.9 Å². The van der Waals surface area contributed by atoms with E-state index in [9.17, 15) is 22.8 Å². The number of ketones is 1. The number of aryl methyl sites for hydroxylation is 2. The number of anilines is 1. The standard InChI is InChI=1S/C31H34F3NO4/c1-19(2)27(35-25-14-10-22(11-15-25)28(36)6-5-7-29(37)38)18-39-26-16-20(3)30(21(4)17-26)23-8-12-24(13-9-23)31(32,33)34/h8-17,19,27,35H,5-7,18H2,1-4H3,(H,37,38)/t27-/m1/s1. The van der Waals surface area contributed by atoms with Crippen molar-refractivity contribution < 1.29 is 32.6 Å². The highest BCUT2D eigenvalue weighted by Gasteiger charge is 2.30. The van der Waals surface area contributed by atoms with E-state index in [4.69, 9.17) is 9.84 Å². The second-order valence-electron chi connectivity index (χ2n) is 10.1. The molecule has 3 rings (SSSR count). The molecule has 208 valence electrons. The van der Waals surface area contributed by atoms with Crippen LogP contribution in [0.25, 0.3) is 11.1 Å². The number of hydrogen-bond donors (Lipinski definition) is 2. The van der Waals surface area contributed by atoms with E-state index >= 15 is 0 Å². The van der Waals surface area contributed by atoms with Crippen LogP contribution in [-0.2, 0) is 11.0 Å². The van der Waals surface area contributed by atoms with Crippen LogP contribution >= 0.6 is 0 Å². The number of carbonyl (C=O) groups is 2. The van der Waals surface area contributed by atoms with Crippen molar-refractivity contribution in [3.8, 4) is 16.9 Å². The van der Waals surface area contributed by atoms with Crippen molar-refractivity contribution in [2.75, 3.05) is 11.9 Å². The zero-order valence-corrected chi connectivity index (χ0v) is 22.6. The number of carboxylic acid groups (broad SMARTS) is 1. The Balaban J connectivity index is 1.64. The van der Waals surface area contributed by atoms with Crippen LogP contribution in [-0.4, -0.2) is 29.5 Å². The van der Waals surface area contributed by atoms with Crippen LogP contribution < -0.4 is 10.1 Å². The Hall–Kier alpha value is -3.81. The highest BCUT2D eigenvalue weighted by Crippen LogP contribution is 2.34. The summed E-state index contributed by atoms with van der Waals surface area (Å²) in [6.45, 7) is 8.36. The number of benzene rings is 3. The van der Waals surface area contributed by atoms with Gasteiger partial charge in [0.25, 0.3) is 0 Å². The molecule has 3 aromatic carbocycles. The van der Waals surface area contributed by atoms with E-state index < -0.39 is 17.7 Å². The maximum atomic E-state index is 12.9. The van der Waals surface area contributed by atoms with Gasteiger partial charge in [0.1, 0.15) is 12.4 Å². The summed E-state index contributed by atoms with van der Waals surface area (Å²) >= 11 is 0. The first kappa shape index (κ1) is 29.7. The molecule has 0 spiro atoms. The lowest BCUT2D eigenvalue weighted by Gasteiger charge is -2.24. The van der Waals surface area contributed by atoms with Crippen molar-refractivity contribution in [3.63, 3.8) is 0 Å². The molecule has 0 aliphatic carbocycles. The highest BCUT2D eigenvalue weighted by molar-refractivity contribution is 5.96. The Kier molecular flexibility index (Phi) is 9.78. The fourth-order valence-electron chi connectivity index (χ4n) is 4.39. The SMILES string of the molecule is Cc1cc(OC[C@@H](Nc2ccc(C(=O)CCCC(=O)O)cc2)C(C)C)cc(C)c1-c1ccc(C(F)(F)F)cc1. The predicted molar refractivity (Wildman–Crippen MR) is 146 cm³/mol. The number of carboxylic acids is 1. The third kappa shape index (κ3) is 8.34. The lowest BCUT2D eigenvalue weighted by atomic mass is 9.94. The molecule has 39 heavy (non-hydrogen) atoms. The molecule has 1 atom stereocenters. The van der Waals surface area contributed by atoms with E-state index in [0.717, 1.165) is 40.1 Å². The molecular weight excluding hydrogens is 507 g/mol. The molecule has 5 nitrogen and oxygen atoms in total. The van der Waals surface area contributed by atoms with Gasteiger partial charge >= 0.3 is 12.1 Å². The molecule has 3 aromatic rings. The van der Waals surface area contributed by atoms with Gasteiger partial charge in [0.2, 0.25) is 0 Å². The van der Waals surface area contributed by atoms with E-state index in [2.05, 4.69) is 19.2 Å². The fourth-order valence-corrected chi connectivity index (χ4v) is 4.39. The predicted octanol–water partition coefficient (Wildman–Crippen LogP) is 7.94. The Labute approximate surface area is 227 Å². The van der Waals surface area contributed by atoms with Gasteiger partial charge < -0.3 is 15.2 Å². The maximum absolute atomic E-state index is 12.9. The van der Waals surface area contributed by atoms with Crippen molar-refractivity contribution >= 4 is 17.4 Å². The van der Waals surface area contributed by atoms with E-state index in [1.165, 1.54) is 12.1 Å². The molecule has 0 unspecified atom stereocenters. The maximum Gasteiger partial charge on any atom is 0.416 e. The first-order chi connectivity index (χ1) is 18.3. The van der Waals surface area contributed by atoms with Gasteiger partial charge in [-0.25, -0.2) is 0 Å². The number of alkyl halides is 3. The Morgan fingerprint density at radius 1 is 0.923 bits per heavy atom. The monoisotopic (exact) mass is 541 g/mol. The van der Waals surface area contributed by atoms with Crippen LogP contribution in [0.4, 0.5) is 18.9 Å². The van der Waals surface area contributed by atoms with Gasteiger partial charge in [-0.15, -0.1) is 0 Å². The largest absolute Gasteiger partial charge is 0.491 e. The van der Waals surface area contributed by atoms with Gasteiger partial charge in [0.15, 0.2) is 5.78 Å². The Bertz CT molecular complexity index is 1260. The van der Waals surface area contributed by atoms with Gasteiger partial charge in [-0.05, 0) is 97.0 Å². The van der Waals surface area contributed by atoms with Gasteiger partial charge in [0, 0.05) is 24.1 Å². The molecule has 0 radical (unpaired) electrons. The topological polar surface area (TPSA) is 75.6 Å². The molecule has 0 fully saturated rings. The summed E-state index contributed by atoms with van der Waals surface area (Å²) < 4.78 is 44.9. The number of nitrogens with one attached hydrogen (secondary N) is 1. The first-order valence-electron chi connectivity index (χ1n) is 12.9.